The minimum absolute atomic E-state index is 0.0472. The molecule has 2 aromatic rings. The van der Waals surface area contributed by atoms with Gasteiger partial charge in [-0.1, -0.05) is 0 Å². The molecule has 1 saturated carbocycles. The Hall–Kier alpha value is -2.61. The number of anilines is 2. The van der Waals surface area contributed by atoms with Crippen molar-refractivity contribution in [1.82, 2.24) is 4.98 Å². The van der Waals surface area contributed by atoms with Crippen LogP contribution >= 0.6 is 0 Å². The summed E-state index contributed by atoms with van der Waals surface area (Å²) in [4.78, 5) is 15.8. The van der Waals surface area contributed by atoms with Gasteiger partial charge in [-0.05, 0) is 49.2 Å². The highest BCUT2D eigenvalue weighted by atomic mass is 32.2. The van der Waals surface area contributed by atoms with Crippen molar-refractivity contribution in [3.05, 3.63) is 42.6 Å². The summed E-state index contributed by atoms with van der Waals surface area (Å²) in [5, 5.41) is 2.70. The first-order valence-corrected chi connectivity index (χ1v) is 8.90. The van der Waals surface area contributed by atoms with Gasteiger partial charge in [0.15, 0.2) is 0 Å². The first kappa shape index (κ1) is 16.3. The molecule has 1 aromatic heterocycles. The maximum absolute atomic E-state index is 12.3. The lowest BCUT2D eigenvalue weighted by molar-refractivity contribution is -0.117. The van der Waals surface area contributed by atoms with Crippen molar-refractivity contribution in [1.29, 1.82) is 0 Å². The van der Waals surface area contributed by atoms with Crippen LogP contribution in [0.2, 0.25) is 0 Å². The molecule has 0 bridgehead atoms. The van der Waals surface area contributed by atoms with E-state index in [0.29, 0.717) is 17.3 Å². The lowest BCUT2D eigenvalue weighted by Gasteiger charge is -2.09. The summed E-state index contributed by atoms with van der Waals surface area (Å²) in [7, 11) is -2.20. The summed E-state index contributed by atoms with van der Waals surface area (Å²) in [6.45, 7) is 0. The minimum atomic E-state index is -3.71. The molecule has 1 aliphatic carbocycles. The van der Waals surface area contributed by atoms with E-state index < -0.39 is 10.0 Å². The van der Waals surface area contributed by atoms with Crippen LogP contribution in [0.1, 0.15) is 12.8 Å². The number of methoxy groups -OCH3 is 1. The van der Waals surface area contributed by atoms with Gasteiger partial charge in [0.25, 0.3) is 10.0 Å². The van der Waals surface area contributed by atoms with Gasteiger partial charge < -0.3 is 10.1 Å². The predicted molar refractivity (Wildman–Crippen MR) is 89.4 cm³/mol. The third kappa shape index (κ3) is 3.83. The second-order valence-corrected chi connectivity index (χ2v) is 7.16. The van der Waals surface area contributed by atoms with Crippen LogP contribution in [0.4, 0.5) is 11.5 Å². The predicted octanol–water partition coefficient (Wildman–Crippen LogP) is 2.24. The van der Waals surface area contributed by atoms with Crippen molar-refractivity contribution in [2.24, 2.45) is 5.92 Å². The normalized spacial score (nSPS) is 14.0. The molecule has 24 heavy (non-hydrogen) atoms. The lowest BCUT2D eigenvalue weighted by Crippen LogP contribution is -2.15. The molecule has 7 nitrogen and oxygen atoms in total. The van der Waals surface area contributed by atoms with Crippen LogP contribution in [-0.2, 0) is 14.8 Å². The molecule has 0 radical (unpaired) electrons. The number of hydrogen-bond acceptors (Lipinski definition) is 5. The molecule has 8 heteroatoms. The van der Waals surface area contributed by atoms with Crippen molar-refractivity contribution >= 4 is 27.4 Å². The van der Waals surface area contributed by atoms with Gasteiger partial charge in [-0.15, -0.1) is 0 Å². The van der Waals surface area contributed by atoms with Crippen LogP contribution in [-0.4, -0.2) is 26.4 Å². The summed E-state index contributed by atoms with van der Waals surface area (Å²) in [5.74, 6) is 1.01. The Morgan fingerprint density at radius 3 is 2.42 bits per heavy atom. The average Bonchev–Trinajstić information content (AvgIpc) is 3.41. The Morgan fingerprint density at radius 1 is 1.17 bits per heavy atom. The van der Waals surface area contributed by atoms with E-state index in [-0.39, 0.29) is 16.7 Å². The van der Waals surface area contributed by atoms with Gasteiger partial charge in [-0.25, -0.2) is 13.4 Å². The first-order valence-electron chi connectivity index (χ1n) is 7.42. The fourth-order valence-electron chi connectivity index (χ4n) is 2.07. The number of sulfonamides is 1. The number of pyridine rings is 1. The third-order valence-electron chi connectivity index (χ3n) is 3.58. The Labute approximate surface area is 140 Å². The topological polar surface area (TPSA) is 97.4 Å². The number of ether oxygens (including phenoxy) is 1. The highest BCUT2D eigenvalue weighted by Gasteiger charge is 2.29. The molecular weight excluding hydrogens is 330 g/mol. The van der Waals surface area contributed by atoms with Crippen molar-refractivity contribution in [3.8, 4) is 5.75 Å². The van der Waals surface area contributed by atoms with Crippen LogP contribution in [0.5, 0.6) is 5.75 Å². The number of carbonyl (C=O) groups is 1. The summed E-state index contributed by atoms with van der Waals surface area (Å²) in [5.41, 5.74) is 0.315. The monoisotopic (exact) mass is 347 g/mol. The van der Waals surface area contributed by atoms with E-state index in [9.17, 15) is 13.2 Å². The third-order valence-corrected chi connectivity index (χ3v) is 4.98. The first-order chi connectivity index (χ1) is 11.5. The number of amides is 1. The molecule has 1 aromatic carbocycles. The summed E-state index contributed by atoms with van der Waals surface area (Å²) >= 11 is 0. The number of nitrogens with zero attached hydrogens (tertiary/aromatic N) is 1. The average molecular weight is 347 g/mol. The molecule has 0 unspecified atom stereocenters. The molecule has 1 heterocycles. The van der Waals surface area contributed by atoms with Gasteiger partial charge >= 0.3 is 0 Å². The summed E-state index contributed by atoms with van der Waals surface area (Å²) in [6, 6.07) is 9.17. The highest BCUT2D eigenvalue weighted by Crippen LogP contribution is 2.30. The number of carbonyl (C=O) groups excluding carboxylic acids is 1. The highest BCUT2D eigenvalue weighted by molar-refractivity contribution is 7.92. The van der Waals surface area contributed by atoms with Crippen LogP contribution in [0, 0.1) is 5.92 Å². The number of benzene rings is 1. The van der Waals surface area contributed by atoms with E-state index in [1.807, 2.05) is 0 Å². The fraction of sp³-hybridized carbons (Fsp3) is 0.250. The maximum atomic E-state index is 12.3. The Bertz CT molecular complexity index is 829. The summed E-state index contributed by atoms with van der Waals surface area (Å²) < 4.78 is 32.1. The molecule has 0 aliphatic heterocycles. The lowest BCUT2D eigenvalue weighted by atomic mass is 10.3. The number of aromatic nitrogens is 1. The molecule has 1 aliphatic rings. The SMILES string of the molecule is COc1ccc(S(=O)(=O)Nc2ccc(NC(=O)C3CC3)nc2)cc1. The van der Waals surface area contributed by atoms with Crippen LogP contribution in [0.25, 0.3) is 0 Å². The largest absolute Gasteiger partial charge is 0.497 e. The number of rotatable bonds is 6. The second-order valence-electron chi connectivity index (χ2n) is 5.48. The van der Waals surface area contributed by atoms with Crippen LogP contribution < -0.4 is 14.8 Å². The van der Waals surface area contributed by atoms with E-state index in [2.05, 4.69) is 15.0 Å². The van der Waals surface area contributed by atoms with Crippen molar-refractivity contribution in [2.75, 3.05) is 17.1 Å². The van der Waals surface area contributed by atoms with Gasteiger partial charge in [0.05, 0.1) is 23.9 Å². The van der Waals surface area contributed by atoms with Gasteiger partial charge in [-0.2, -0.15) is 0 Å². The van der Waals surface area contributed by atoms with Crippen LogP contribution in [0.3, 0.4) is 0 Å². The quantitative estimate of drug-likeness (QED) is 0.835. The van der Waals surface area contributed by atoms with Crippen LogP contribution in [0.15, 0.2) is 47.5 Å². The minimum Gasteiger partial charge on any atom is -0.497 e. The van der Waals surface area contributed by atoms with E-state index >= 15 is 0 Å². The zero-order chi connectivity index (χ0) is 17.2. The van der Waals surface area contributed by atoms with Gasteiger partial charge in [0, 0.05) is 5.92 Å². The molecule has 1 amide bonds. The molecule has 1 fully saturated rings. The van der Waals surface area contributed by atoms with Crippen molar-refractivity contribution < 1.29 is 17.9 Å². The number of hydrogen-bond donors (Lipinski definition) is 2. The molecule has 3 rings (SSSR count). The molecule has 0 atom stereocenters. The fourth-order valence-corrected chi connectivity index (χ4v) is 3.11. The standard InChI is InChI=1S/C16H17N3O4S/c1-23-13-5-7-14(8-6-13)24(21,22)19-12-4-9-15(17-10-12)18-16(20)11-2-3-11/h4-11,19H,2-3H2,1H3,(H,17,18,20). The Morgan fingerprint density at radius 2 is 1.88 bits per heavy atom. The second kappa shape index (κ2) is 6.48. The zero-order valence-corrected chi connectivity index (χ0v) is 13.8. The van der Waals surface area contributed by atoms with E-state index in [1.54, 1.807) is 24.3 Å². The number of nitrogens with one attached hydrogen (secondary N) is 2. The van der Waals surface area contributed by atoms with Crippen molar-refractivity contribution in [3.63, 3.8) is 0 Å². The van der Waals surface area contributed by atoms with E-state index in [4.69, 9.17) is 4.74 Å². The zero-order valence-electron chi connectivity index (χ0n) is 13.0. The summed E-state index contributed by atoms with van der Waals surface area (Å²) in [6.07, 6.45) is 3.18. The molecule has 0 spiro atoms. The smallest absolute Gasteiger partial charge is 0.261 e. The van der Waals surface area contributed by atoms with Gasteiger partial charge in [0.1, 0.15) is 11.6 Å². The molecule has 126 valence electrons. The molecule has 0 saturated heterocycles. The van der Waals surface area contributed by atoms with E-state index in [0.717, 1.165) is 12.8 Å². The molecule has 2 N–H and O–H groups in total. The molecular formula is C16H17N3O4S. The van der Waals surface area contributed by atoms with Crippen molar-refractivity contribution in [2.45, 2.75) is 17.7 Å². The maximum Gasteiger partial charge on any atom is 0.261 e. The van der Waals surface area contributed by atoms with E-state index in [1.165, 1.54) is 25.4 Å². The van der Waals surface area contributed by atoms with Gasteiger partial charge in [-0.3, -0.25) is 9.52 Å². The van der Waals surface area contributed by atoms with Gasteiger partial charge in [0.2, 0.25) is 5.91 Å². The Balaban J connectivity index is 1.68. The Kier molecular flexibility index (Phi) is 4.39.